The molecule has 0 aromatic heterocycles. The molecule has 0 unspecified atom stereocenters. The predicted molar refractivity (Wildman–Crippen MR) is 265 cm³/mol. The SMILES string of the molecule is CC(C)C[C@@H]1NC(=O)[C@H](Cc2ccccc2)N(C)C(=O)[C@H]([C@@H](C)O)NC(=O)[C@H](Cc2ccccc2)N(C)C(=O)[C@H](C)N(C)C(=O)[C@H](C)N(C)C(=O)C[C@@H](C(=O)N2CCCCC2)NC(=O)[C@@H]2CCCN2C1=O. The molecule has 2 aromatic carbocycles. The molecule has 3 heterocycles. The molecule has 2 aromatic rings. The largest absolute Gasteiger partial charge is 0.391 e. The number of likely N-dealkylation sites (N-methyl/N-ethyl adjacent to an activating group) is 4. The summed E-state index contributed by atoms with van der Waals surface area (Å²) in [6.07, 6.45) is 1.20. The highest BCUT2D eigenvalue weighted by molar-refractivity contribution is 5.99. The molecule has 388 valence electrons. The molecule has 0 aliphatic carbocycles. The summed E-state index contributed by atoms with van der Waals surface area (Å²) in [7, 11) is 5.57. The number of nitrogens with zero attached hydrogens (tertiary/aromatic N) is 6. The number of nitrogens with one attached hydrogen (secondary N) is 3. The number of hydrogen-bond donors (Lipinski definition) is 4. The number of carbonyl (C=O) groups is 9. The molecule has 9 amide bonds. The Balaban J connectivity index is 1.60. The van der Waals surface area contributed by atoms with Crippen LogP contribution in [0.4, 0.5) is 0 Å². The Labute approximate surface area is 418 Å². The summed E-state index contributed by atoms with van der Waals surface area (Å²) in [5.74, 6) is -6.02. The molecular formula is C52H75N9O10. The van der Waals surface area contributed by atoms with Gasteiger partial charge < -0.3 is 50.5 Å². The molecular weight excluding hydrogens is 911 g/mol. The lowest BCUT2D eigenvalue weighted by molar-refractivity contribution is -0.151. The zero-order valence-corrected chi connectivity index (χ0v) is 42.8. The molecule has 71 heavy (non-hydrogen) atoms. The van der Waals surface area contributed by atoms with Crippen molar-refractivity contribution in [1.82, 2.24) is 45.3 Å². The van der Waals surface area contributed by atoms with Gasteiger partial charge >= 0.3 is 0 Å². The first-order chi connectivity index (χ1) is 33.6. The molecule has 9 atom stereocenters. The Morgan fingerprint density at radius 1 is 0.606 bits per heavy atom. The van der Waals surface area contributed by atoms with Gasteiger partial charge in [0.15, 0.2) is 0 Å². The highest BCUT2D eigenvalue weighted by Gasteiger charge is 2.43. The van der Waals surface area contributed by atoms with E-state index in [0.717, 1.165) is 34.0 Å². The lowest BCUT2D eigenvalue weighted by atomic mass is 9.99. The lowest BCUT2D eigenvalue weighted by Gasteiger charge is -2.36. The summed E-state index contributed by atoms with van der Waals surface area (Å²) in [5, 5.41) is 19.6. The Morgan fingerprint density at radius 3 is 1.65 bits per heavy atom. The fraction of sp³-hybridized carbons (Fsp3) is 0.596. The number of benzene rings is 2. The predicted octanol–water partition coefficient (Wildman–Crippen LogP) is 1.11. The fourth-order valence-electron chi connectivity index (χ4n) is 9.56. The molecule has 0 spiro atoms. The van der Waals surface area contributed by atoms with E-state index >= 15 is 0 Å². The minimum absolute atomic E-state index is 0.0241. The van der Waals surface area contributed by atoms with Gasteiger partial charge in [-0.05, 0) is 76.3 Å². The highest BCUT2D eigenvalue weighted by atomic mass is 16.3. The van der Waals surface area contributed by atoms with E-state index in [1.54, 1.807) is 65.6 Å². The first kappa shape index (κ1) is 55.6. The van der Waals surface area contributed by atoms with Crippen molar-refractivity contribution in [2.24, 2.45) is 5.92 Å². The standard InChI is InChI=1S/C52H75N9O10/c1-32(2)28-38-51(70)61-27-19-24-40(61)45(64)54-39(50(69)60-25-17-12-18-26-60)31-43(63)56(6)33(3)48(67)57(7)34(4)49(68)58(8)42(30-37-22-15-11-16-23-37)47(66)55-44(35(5)62)52(71)59(9)41(46(65)53-38)29-36-20-13-10-14-21-36/h10-11,13-16,20-23,32-35,38-42,44,62H,12,17-19,24-31H2,1-9H3,(H,53,65)(H,54,64)(H,55,66)/t33-,34-,35+,38-,39-,40-,41-,42-,44-/m0/s1. The van der Waals surface area contributed by atoms with Crippen LogP contribution >= 0.6 is 0 Å². The average Bonchev–Trinajstić information content (AvgIpc) is 3.87. The smallest absolute Gasteiger partial charge is 0.248 e. The van der Waals surface area contributed by atoms with Crippen molar-refractivity contribution in [2.75, 3.05) is 47.8 Å². The van der Waals surface area contributed by atoms with Crippen LogP contribution < -0.4 is 16.0 Å². The maximum Gasteiger partial charge on any atom is 0.248 e. The van der Waals surface area contributed by atoms with Crippen LogP contribution in [-0.2, 0) is 56.0 Å². The zero-order chi connectivity index (χ0) is 52.3. The van der Waals surface area contributed by atoms with Crippen molar-refractivity contribution in [2.45, 2.75) is 147 Å². The van der Waals surface area contributed by atoms with Gasteiger partial charge in [0.05, 0.1) is 12.5 Å². The van der Waals surface area contributed by atoms with Gasteiger partial charge in [0.25, 0.3) is 0 Å². The molecule has 4 N–H and O–H groups in total. The summed E-state index contributed by atoms with van der Waals surface area (Å²) in [6, 6.07) is 7.70. The lowest BCUT2D eigenvalue weighted by Crippen LogP contribution is -2.62. The van der Waals surface area contributed by atoms with E-state index in [0.29, 0.717) is 30.6 Å². The van der Waals surface area contributed by atoms with Gasteiger partial charge in [0.1, 0.15) is 48.3 Å². The van der Waals surface area contributed by atoms with Gasteiger partial charge in [-0.3, -0.25) is 43.2 Å². The maximum absolute atomic E-state index is 14.8. The number of fused-ring (bicyclic) bond motifs is 1. The van der Waals surface area contributed by atoms with Gasteiger partial charge in [-0.15, -0.1) is 0 Å². The van der Waals surface area contributed by atoms with Crippen molar-refractivity contribution in [3.05, 3.63) is 71.8 Å². The number of piperidine rings is 1. The molecule has 3 aliphatic heterocycles. The minimum Gasteiger partial charge on any atom is -0.391 e. The van der Waals surface area contributed by atoms with Crippen LogP contribution in [0.1, 0.15) is 90.7 Å². The third-order valence-corrected chi connectivity index (χ3v) is 14.3. The summed E-state index contributed by atoms with van der Waals surface area (Å²) >= 11 is 0. The molecule has 0 radical (unpaired) electrons. The first-order valence-electron chi connectivity index (χ1n) is 24.9. The molecule has 0 saturated carbocycles. The van der Waals surface area contributed by atoms with Crippen LogP contribution in [0.5, 0.6) is 0 Å². The van der Waals surface area contributed by atoms with Crippen LogP contribution in [0, 0.1) is 5.92 Å². The first-order valence-corrected chi connectivity index (χ1v) is 24.9. The van der Waals surface area contributed by atoms with E-state index in [1.165, 1.54) is 58.8 Å². The topological polar surface area (TPSA) is 229 Å². The Bertz CT molecular complexity index is 2220. The van der Waals surface area contributed by atoms with Gasteiger partial charge in [0.2, 0.25) is 53.2 Å². The summed E-state index contributed by atoms with van der Waals surface area (Å²) < 4.78 is 0. The molecule has 5 rings (SSSR count). The number of aliphatic hydroxyl groups is 1. The second kappa shape index (κ2) is 25.1. The second-order valence-electron chi connectivity index (χ2n) is 19.9. The number of amides is 9. The van der Waals surface area contributed by atoms with Crippen LogP contribution in [-0.4, -0.2) is 190 Å². The fourth-order valence-corrected chi connectivity index (χ4v) is 9.56. The summed E-state index contributed by atoms with van der Waals surface area (Å²) in [4.78, 5) is 138. The van der Waals surface area contributed by atoms with E-state index in [2.05, 4.69) is 16.0 Å². The molecule has 0 bridgehead atoms. The van der Waals surface area contributed by atoms with Crippen molar-refractivity contribution >= 4 is 53.2 Å². The minimum atomic E-state index is -1.62. The number of aliphatic hydroxyl groups excluding tert-OH is 1. The van der Waals surface area contributed by atoms with E-state index in [4.69, 9.17) is 0 Å². The molecule has 3 aliphatic rings. The van der Waals surface area contributed by atoms with Gasteiger partial charge in [-0.2, -0.15) is 0 Å². The van der Waals surface area contributed by atoms with Crippen LogP contribution in [0.3, 0.4) is 0 Å². The molecule has 19 nitrogen and oxygen atoms in total. The Hall–Kier alpha value is -6.37. The number of hydrogen-bond acceptors (Lipinski definition) is 10. The van der Waals surface area contributed by atoms with E-state index < -0.39 is 114 Å². The average molecular weight is 986 g/mol. The molecule has 3 saturated heterocycles. The van der Waals surface area contributed by atoms with Crippen LogP contribution in [0.15, 0.2) is 60.7 Å². The van der Waals surface area contributed by atoms with Gasteiger partial charge in [-0.25, -0.2) is 0 Å². The summed E-state index contributed by atoms with van der Waals surface area (Å²) in [6.45, 7) is 9.07. The monoisotopic (exact) mass is 986 g/mol. The number of rotatable bonds is 8. The van der Waals surface area contributed by atoms with E-state index in [-0.39, 0.29) is 38.1 Å². The van der Waals surface area contributed by atoms with Crippen molar-refractivity contribution in [3.8, 4) is 0 Å². The third kappa shape index (κ3) is 13.9. The summed E-state index contributed by atoms with van der Waals surface area (Å²) in [5.41, 5.74) is 1.34. The van der Waals surface area contributed by atoms with E-state index in [1.807, 2.05) is 13.8 Å². The zero-order valence-electron chi connectivity index (χ0n) is 42.8. The van der Waals surface area contributed by atoms with Gasteiger partial charge in [-0.1, -0.05) is 74.5 Å². The number of carbonyl (C=O) groups excluding carboxylic acids is 9. The van der Waals surface area contributed by atoms with Crippen LogP contribution in [0.25, 0.3) is 0 Å². The van der Waals surface area contributed by atoms with Gasteiger partial charge in [0, 0.05) is 60.7 Å². The van der Waals surface area contributed by atoms with Crippen molar-refractivity contribution < 1.29 is 48.3 Å². The van der Waals surface area contributed by atoms with Crippen molar-refractivity contribution in [1.29, 1.82) is 0 Å². The molecule has 3 fully saturated rings. The van der Waals surface area contributed by atoms with Crippen molar-refractivity contribution in [3.63, 3.8) is 0 Å². The van der Waals surface area contributed by atoms with E-state index in [9.17, 15) is 48.3 Å². The Kier molecular flexibility index (Phi) is 19.7. The quantitative estimate of drug-likeness (QED) is 0.295. The normalized spacial score (nSPS) is 27.2. The molecule has 19 heteroatoms. The third-order valence-electron chi connectivity index (χ3n) is 14.3. The number of likely N-dealkylation sites (tertiary alicyclic amines) is 1. The Morgan fingerprint density at radius 2 is 1.11 bits per heavy atom. The highest BCUT2D eigenvalue weighted by Crippen LogP contribution is 2.23. The second-order valence-corrected chi connectivity index (χ2v) is 19.9. The maximum atomic E-state index is 14.8. The van der Waals surface area contributed by atoms with Crippen LogP contribution in [0.2, 0.25) is 0 Å².